The number of rotatable bonds is 5. The zero-order valence-corrected chi connectivity index (χ0v) is 9.59. The molecule has 0 amide bonds. The molecular formula is C14H16O2. The molecule has 2 heteroatoms. The van der Waals surface area contributed by atoms with E-state index in [4.69, 9.17) is 4.74 Å². The van der Waals surface area contributed by atoms with Crippen molar-refractivity contribution in [1.82, 2.24) is 0 Å². The van der Waals surface area contributed by atoms with Crippen molar-refractivity contribution in [1.29, 1.82) is 0 Å². The fraction of sp³-hybridized carbons (Fsp3) is 0.214. The summed E-state index contributed by atoms with van der Waals surface area (Å²) in [5.41, 5.74) is 1.08. The molecule has 2 nitrogen and oxygen atoms in total. The van der Waals surface area contributed by atoms with Crippen LogP contribution >= 0.6 is 0 Å². The van der Waals surface area contributed by atoms with Gasteiger partial charge in [-0.3, -0.25) is 4.79 Å². The van der Waals surface area contributed by atoms with Crippen LogP contribution < -0.4 is 4.74 Å². The number of benzene rings is 1. The van der Waals surface area contributed by atoms with Crippen molar-refractivity contribution < 1.29 is 9.53 Å². The Hall–Kier alpha value is -1.83. The third-order valence-electron chi connectivity index (χ3n) is 1.84. The normalized spacial score (nSPS) is 11.4. The molecule has 0 aliphatic carbocycles. The van der Waals surface area contributed by atoms with Gasteiger partial charge in [0.2, 0.25) is 0 Å². The second-order valence-electron chi connectivity index (χ2n) is 3.62. The van der Waals surface area contributed by atoms with Crippen molar-refractivity contribution in [2.45, 2.75) is 20.0 Å². The third-order valence-corrected chi connectivity index (χ3v) is 1.84. The van der Waals surface area contributed by atoms with Crippen LogP contribution in [0.15, 0.2) is 42.5 Å². The van der Waals surface area contributed by atoms with Gasteiger partial charge in [-0.15, -0.1) is 0 Å². The molecule has 0 radical (unpaired) electrons. The lowest BCUT2D eigenvalue weighted by Crippen LogP contribution is -2.05. The van der Waals surface area contributed by atoms with E-state index in [1.165, 1.54) is 6.08 Å². The molecule has 0 bridgehead atoms. The van der Waals surface area contributed by atoms with Crippen molar-refractivity contribution in [3.05, 3.63) is 48.1 Å². The first-order chi connectivity index (χ1) is 7.72. The molecule has 0 N–H and O–H groups in total. The van der Waals surface area contributed by atoms with Gasteiger partial charge in [0, 0.05) is 0 Å². The Bertz CT molecular complexity index is 372. The number of hydrogen-bond acceptors (Lipinski definition) is 2. The van der Waals surface area contributed by atoms with E-state index in [0.29, 0.717) is 0 Å². The highest BCUT2D eigenvalue weighted by atomic mass is 16.5. The standard InChI is InChI=1S/C14H16O2/c1-12(2)16-14-9-7-13(8-10-14)6-4-3-5-11-15/h3-12H,1-2H3/b5-3+,6-4+. The maximum absolute atomic E-state index is 10.0. The molecule has 0 unspecified atom stereocenters. The maximum atomic E-state index is 10.0. The molecule has 1 aromatic rings. The van der Waals surface area contributed by atoms with Gasteiger partial charge in [-0.1, -0.05) is 30.4 Å². The quantitative estimate of drug-likeness (QED) is 0.429. The topological polar surface area (TPSA) is 26.3 Å². The molecule has 1 rings (SSSR count). The van der Waals surface area contributed by atoms with Gasteiger partial charge in [0.25, 0.3) is 0 Å². The van der Waals surface area contributed by atoms with Crippen LogP contribution in [0.25, 0.3) is 6.08 Å². The fourth-order valence-electron chi connectivity index (χ4n) is 1.21. The number of ether oxygens (including phenoxy) is 1. The molecule has 84 valence electrons. The van der Waals surface area contributed by atoms with Gasteiger partial charge >= 0.3 is 0 Å². The Morgan fingerprint density at radius 3 is 2.31 bits per heavy atom. The zero-order valence-electron chi connectivity index (χ0n) is 9.59. The Kier molecular flexibility index (Phi) is 5.06. The van der Waals surface area contributed by atoms with Gasteiger partial charge in [-0.05, 0) is 37.6 Å². The molecule has 0 aliphatic rings. The average Bonchev–Trinajstić information content (AvgIpc) is 2.26. The fourth-order valence-corrected chi connectivity index (χ4v) is 1.21. The van der Waals surface area contributed by atoms with Gasteiger partial charge in [0.05, 0.1) is 6.10 Å². The van der Waals surface area contributed by atoms with Gasteiger partial charge < -0.3 is 4.74 Å². The molecular weight excluding hydrogens is 200 g/mol. The Labute approximate surface area is 96.2 Å². The van der Waals surface area contributed by atoms with Crippen LogP contribution in [0, 0.1) is 0 Å². The summed E-state index contributed by atoms with van der Waals surface area (Å²) in [5, 5.41) is 0. The van der Waals surface area contributed by atoms with Crippen molar-refractivity contribution in [3.8, 4) is 5.75 Å². The molecule has 0 saturated carbocycles. The predicted molar refractivity (Wildman–Crippen MR) is 66.4 cm³/mol. The molecule has 0 atom stereocenters. The Morgan fingerprint density at radius 1 is 1.06 bits per heavy atom. The molecule has 0 heterocycles. The highest BCUT2D eigenvalue weighted by Crippen LogP contribution is 2.14. The second kappa shape index (κ2) is 6.62. The van der Waals surface area contributed by atoms with Crippen LogP contribution in [0.4, 0.5) is 0 Å². The molecule has 0 saturated heterocycles. The van der Waals surface area contributed by atoms with Gasteiger partial charge in [0.15, 0.2) is 0 Å². The lowest BCUT2D eigenvalue weighted by molar-refractivity contribution is -0.104. The summed E-state index contributed by atoms with van der Waals surface area (Å²) in [4.78, 5) is 10.0. The van der Waals surface area contributed by atoms with Crippen LogP contribution in [-0.4, -0.2) is 12.4 Å². The third kappa shape index (κ3) is 4.60. The number of allylic oxidation sites excluding steroid dienone is 3. The van der Waals surface area contributed by atoms with E-state index in [2.05, 4.69) is 0 Å². The van der Waals surface area contributed by atoms with Crippen molar-refractivity contribution >= 4 is 12.4 Å². The summed E-state index contributed by atoms with van der Waals surface area (Å²) in [6, 6.07) is 7.82. The molecule has 0 fully saturated rings. The summed E-state index contributed by atoms with van der Waals surface area (Å²) in [6.45, 7) is 4.00. The summed E-state index contributed by atoms with van der Waals surface area (Å²) in [6.07, 6.45) is 7.85. The van der Waals surface area contributed by atoms with E-state index in [-0.39, 0.29) is 6.10 Å². The predicted octanol–water partition coefficient (Wildman–Crippen LogP) is 3.24. The summed E-state index contributed by atoms with van der Waals surface area (Å²) < 4.78 is 5.53. The van der Waals surface area contributed by atoms with E-state index in [9.17, 15) is 4.79 Å². The van der Waals surface area contributed by atoms with E-state index >= 15 is 0 Å². The largest absolute Gasteiger partial charge is 0.491 e. The average molecular weight is 216 g/mol. The number of carbonyl (C=O) groups excluding carboxylic acids is 1. The van der Waals surface area contributed by atoms with Crippen molar-refractivity contribution in [2.75, 3.05) is 0 Å². The lowest BCUT2D eigenvalue weighted by atomic mass is 10.2. The molecule has 0 aliphatic heterocycles. The molecule has 0 spiro atoms. The summed E-state index contributed by atoms with van der Waals surface area (Å²) in [5.74, 6) is 0.871. The summed E-state index contributed by atoms with van der Waals surface area (Å²) >= 11 is 0. The maximum Gasteiger partial charge on any atom is 0.142 e. The molecule has 0 aromatic heterocycles. The van der Waals surface area contributed by atoms with Crippen LogP contribution in [0.5, 0.6) is 5.75 Å². The van der Waals surface area contributed by atoms with Gasteiger partial charge in [-0.25, -0.2) is 0 Å². The van der Waals surface area contributed by atoms with E-state index in [1.54, 1.807) is 6.08 Å². The first-order valence-corrected chi connectivity index (χ1v) is 5.27. The van der Waals surface area contributed by atoms with Crippen molar-refractivity contribution in [2.24, 2.45) is 0 Å². The molecule has 16 heavy (non-hydrogen) atoms. The smallest absolute Gasteiger partial charge is 0.142 e. The minimum absolute atomic E-state index is 0.192. The van der Waals surface area contributed by atoms with Crippen LogP contribution in [0.1, 0.15) is 19.4 Å². The first kappa shape index (κ1) is 12.2. The molecule has 1 aromatic carbocycles. The zero-order chi connectivity index (χ0) is 11.8. The first-order valence-electron chi connectivity index (χ1n) is 5.27. The highest BCUT2D eigenvalue weighted by Gasteiger charge is 1.95. The van der Waals surface area contributed by atoms with E-state index in [0.717, 1.165) is 17.6 Å². The SMILES string of the molecule is CC(C)Oc1ccc(/C=C/C=C/C=O)cc1. The summed E-state index contributed by atoms with van der Waals surface area (Å²) in [7, 11) is 0. The monoisotopic (exact) mass is 216 g/mol. The minimum atomic E-state index is 0.192. The number of hydrogen-bond donors (Lipinski definition) is 0. The van der Waals surface area contributed by atoms with Crippen LogP contribution in [-0.2, 0) is 4.79 Å². The van der Waals surface area contributed by atoms with Crippen LogP contribution in [0.2, 0.25) is 0 Å². The van der Waals surface area contributed by atoms with E-state index < -0.39 is 0 Å². The van der Waals surface area contributed by atoms with Crippen molar-refractivity contribution in [3.63, 3.8) is 0 Å². The van der Waals surface area contributed by atoms with Crippen LogP contribution in [0.3, 0.4) is 0 Å². The number of aldehydes is 1. The van der Waals surface area contributed by atoms with Gasteiger partial charge in [-0.2, -0.15) is 0 Å². The lowest BCUT2D eigenvalue weighted by Gasteiger charge is -2.09. The highest BCUT2D eigenvalue weighted by molar-refractivity contribution is 5.66. The Balaban J connectivity index is 2.60. The second-order valence-corrected chi connectivity index (χ2v) is 3.62. The van der Waals surface area contributed by atoms with Gasteiger partial charge in [0.1, 0.15) is 12.0 Å². The Morgan fingerprint density at radius 2 is 1.75 bits per heavy atom. The number of carbonyl (C=O) groups is 1. The van der Waals surface area contributed by atoms with E-state index in [1.807, 2.05) is 50.3 Å². The minimum Gasteiger partial charge on any atom is -0.491 e.